The van der Waals surface area contributed by atoms with Gasteiger partial charge in [0.15, 0.2) is 5.82 Å². The maximum absolute atomic E-state index is 13.1. The van der Waals surface area contributed by atoms with Crippen LogP contribution in [0.4, 0.5) is 11.6 Å². The zero-order valence-electron chi connectivity index (χ0n) is 14.4. The van der Waals surface area contributed by atoms with Gasteiger partial charge in [-0.3, -0.25) is 9.59 Å². The molecule has 9 heteroatoms. The van der Waals surface area contributed by atoms with E-state index in [4.69, 9.17) is 10.5 Å². The quantitative estimate of drug-likeness (QED) is 0.638. The van der Waals surface area contributed by atoms with E-state index in [0.717, 1.165) is 5.39 Å². The van der Waals surface area contributed by atoms with Crippen molar-refractivity contribution in [2.75, 3.05) is 31.6 Å². The third kappa shape index (κ3) is 3.32. The summed E-state index contributed by atoms with van der Waals surface area (Å²) in [6.07, 6.45) is 1.36. The van der Waals surface area contributed by atoms with E-state index in [1.807, 2.05) is 24.3 Å². The molecule has 0 atom stereocenters. The average Bonchev–Trinajstić information content (AvgIpc) is 3.16. The van der Waals surface area contributed by atoms with Crippen LogP contribution in [0.2, 0.25) is 0 Å². The van der Waals surface area contributed by atoms with E-state index >= 15 is 0 Å². The number of primary amides is 1. The van der Waals surface area contributed by atoms with Crippen LogP contribution in [-0.2, 0) is 4.74 Å². The van der Waals surface area contributed by atoms with Gasteiger partial charge < -0.3 is 25.7 Å². The molecule has 1 fully saturated rings. The Bertz CT molecular complexity index is 1010. The number of amides is 2. The van der Waals surface area contributed by atoms with Crippen molar-refractivity contribution >= 4 is 34.4 Å². The van der Waals surface area contributed by atoms with Gasteiger partial charge in [-0.25, -0.2) is 9.97 Å². The lowest BCUT2D eigenvalue weighted by Gasteiger charge is -2.27. The molecular formula is C18H18N6O3. The van der Waals surface area contributed by atoms with Crippen LogP contribution in [0.25, 0.3) is 10.9 Å². The Labute approximate surface area is 154 Å². The number of rotatable bonds is 4. The van der Waals surface area contributed by atoms with E-state index in [-0.39, 0.29) is 17.4 Å². The number of nitrogens with one attached hydrogen (secondary N) is 2. The normalized spacial score (nSPS) is 14.3. The number of aromatic amines is 1. The molecule has 0 aliphatic carbocycles. The molecule has 1 aliphatic heterocycles. The average molecular weight is 366 g/mol. The van der Waals surface area contributed by atoms with Crippen LogP contribution in [0.1, 0.15) is 20.8 Å². The molecule has 1 saturated heterocycles. The van der Waals surface area contributed by atoms with E-state index in [0.29, 0.717) is 43.2 Å². The first-order valence-electron chi connectivity index (χ1n) is 8.50. The van der Waals surface area contributed by atoms with Crippen LogP contribution in [-0.4, -0.2) is 58.0 Å². The van der Waals surface area contributed by atoms with Crippen molar-refractivity contribution in [3.05, 3.63) is 47.9 Å². The maximum Gasteiger partial charge on any atom is 0.269 e. The lowest BCUT2D eigenvalue weighted by atomic mass is 10.1. The van der Waals surface area contributed by atoms with Gasteiger partial charge in [-0.2, -0.15) is 0 Å². The predicted molar refractivity (Wildman–Crippen MR) is 98.9 cm³/mol. The number of para-hydroxylation sites is 1. The van der Waals surface area contributed by atoms with E-state index in [1.165, 1.54) is 6.33 Å². The Morgan fingerprint density at radius 1 is 1.22 bits per heavy atom. The number of ether oxygens (including phenoxy) is 1. The molecule has 4 N–H and O–H groups in total. The fourth-order valence-electron chi connectivity index (χ4n) is 3.05. The lowest BCUT2D eigenvalue weighted by molar-refractivity contribution is 0.0304. The van der Waals surface area contributed by atoms with Gasteiger partial charge in [0.25, 0.3) is 11.8 Å². The number of morpholine rings is 1. The Balaban J connectivity index is 1.75. The zero-order chi connectivity index (χ0) is 18.8. The highest BCUT2D eigenvalue weighted by molar-refractivity contribution is 6.07. The SMILES string of the molecule is NC(=O)c1[nH]cnc1Nc1cc(C(=O)N2CCOCC2)c2ccccc2n1. The molecule has 0 unspecified atom stereocenters. The minimum atomic E-state index is -0.639. The third-order valence-corrected chi connectivity index (χ3v) is 4.38. The number of pyridine rings is 1. The van der Waals surface area contributed by atoms with E-state index in [1.54, 1.807) is 11.0 Å². The second-order valence-electron chi connectivity index (χ2n) is 6.09. The number of hydrogen-bond acceptors (Lipinski definition) is 6. The van der Waals surface area contributed by atoms with Gasteiger partial charge in [-0.05, 0) is 12.1 Å². The second kappa shape index (κ2) is 7.04. The molecule has 1 aliphatic rings. The van der Waals surface area contributed by atoms with E-state index < -0.39 is 5.91 Å². The summed E-state index contributed by atoms with van der Waals surface area (Å²) in [5, 5.41) is 3.74. The van der Waals surface area contributed by atoms with Crippen LogP contribution < -0.4 is 11.1 Å². The van der Waals surface area contributed by atoms with Gasteiger partial charge in [-0.15, -0.1) is 0 Å². The summed E-state index contributed by atoms with van der Waals surface area (Å²) in [6.45, 7) is 2.14. The van der Waals surface area contributed by atoms with Crippen LogP contribution in [0, 0.1) is 0 Å². The Kier molecular flexibility index (Phi) is 4.43. The molecule has 0 spiro atoms. The van der Waals surface area contributed by atoms with Crippen LogP contribution in [0.3, 0.4) is 0 Å². The molecule has 2 amide bonds. The monoisotopic (exact) mass is 366 g/mol. The van der Waals surface area contributed by atoms with Gasteiger partial charge in [-0.1, -0.05) is 18.2 Å². The van der Waals surface area contributed by atoms with Crippen molar-refractivity contribution in [1.29, 1.82) is 0 Å². The first kappa shape index (κ1) is 17.0. The Morgan fingerprint density at radius 2 is 2.00 bits per heavy atom. The summed E-state index contributed by atoms with van der Waals surface area (Å²) < 4.78 is 5.33. The molecule has 4 rings (SSSR count). The number of carbonyl (C=O) groups is 2. The minimum Gasteiger partial charge on any atom is -0.378 e. The molecule has 0 radical (unpaired) electrons. The van der Waals surface area contributed by atoms with Gasteiger partial charge in [0.1, 0.15) is 11.5 Å². The number of benzene rings is 1. The number of anilines is 2. The predicted octanol–water partition coefficient (Wildman–Crippen LogP) is 1.27. The number of imidazole rings is 1. The van der Waals surface area contributed by atoms with E-state index in [9.17, 15) is 9.59 Å². The third-order valence-electron chi connectivity index (χ3n) is 4.38. The molecule has 3 heterocycles. The fourth-order valence-corrected chi connectivity index (χ4v) is 3.05. The topological polar surface area (TPSA) is 126 Å². The van der Waals surface area contributed by atoms with Crippen molar-refractivity contribution in [3.63, 3.8) is 0 Å². The van der Waals surface area contributed by atoms with Gasteiger partial charge in [0.05, 0.1) is 30.6 Å². The molecule has 2 aromatic heterocycles. The maximum atomic E-state index is 13.1. The lowest BCUT2D eigenvalue weighted by Crippen LogP contribution is -2.40. The highest BCUT2D eigenvalue weighted by Crippen LogP contribution is 2.25. The highest BCUT2D eigenvalue weighted by atomic mass is 16.5. The first-order valence-corrected chi connectivity index (χ1v) is 8.50. The number of H-pyrrole nitrogens is 1. The van der Waals surface area contributed by atoms with Crippen LogP contribution in [0.5, 0.6) is 0 Å². The molecule has 0 saturated carbocycles. The minimum absolute atomic E-state index is 0.0860. The van der Waals surface area contributed by atoms with Crippen LogP contribution in [0.15, 0.2) is 36.7 Å². The largest absolute Gasteiger partial charge is 0.378 e. The standard InChI is InChI=1S/C18H18N6O3/c19-16(25)15-17(21-10-20-15)23-14-9-12(11-3-1-2-4-13(11)22-14)18(26)24-5-7-27-8-6-24/h1-4,9-10H,5-8H2,(H2,19,25)(H,20,21)(H,22,23). The summed E-state index contributed by atoms with van der Waals surface area (Å²) in [5.74, 6) is -0.0625. The summed E-state index contributed by atoms with van der Waals surface area (Å²) >= 11 is 0. The Morgan fingerprint density at radius 3 is 2.78 bits per heavy atom. The summed E-state index contributed by atoms with van der Waals surface area (Å²) in [7, 11) is 0. The molecule has 0 bridgehead atoms. The molecular weight excluding hydrogens is 348 g/mol. The molecule has 9 nitrogen and oxygen atoms in total. The van der Waals surface area contributed by atoms with Crippen molar-refractivity contribution < 1.29 is 14.3 Å². The second-order valence-corrected chi connectivity index (χ2v) is 6.09. The number of hydrogen-bond donors (Lipinski definition) is 3. The number of aromatic nitrogens is 3. The zero-order valence-corrected chi connectivity index (χ0v) is 14.4. The summed E-state index contributed by atoms with van der Waals surface area (Å²) in [4.78, 5) is 37.6. The summed E-state index contributed by atoms with van der Waals surface area (Å²) in [6, 6.07) is 9.08. The summed E-state index contributed by atoms with van der Waals surface area (Å²) in [5.41, 5.74) is 6.67. The number of nitrogens with zero attached hydrogens (tertiary/aromatic N) is 3. The molecule has 138 valence electrons. The van der Waals surface area contributed by atoms with Gasteiger partial charge in [0, 0.05) is 18.5 Å². The molecule has 27 heavy (non-hydrogen) atoms. The number of carbonyl (C=O) groups excluding carboxylic acids is 2. The molecule has 3 aromatic rings. The molecule has 1 aromatic carbocycles. The highest BCUT2D eigenvalue weighted by Gasteiger charge is 2.22. The number of fused-ring (bicyclic) bond motifs is 1. The van der Waals surface area contributed by atoms with Gasteiger partial charge in [0.2, 0.25) is 0 Å². The van der Waals surface area contributed by atoms with E-state index in [2.05, 4.69) is 20.3 Å². The number of nitrogens with two attached hydrogens (primary N) is 1. The van der Waals surface area contributed by atoms with Gasteiger partial charge >= 0.3 is 0 Å². The smallest absolute Gasteiger partial charge is 0.269 e. The first-order chi connectivity index (χ1) is 13.1. The van der Waals surface area contributed by atoms with Crippen molar-refractivity contribution in [1.82, 2.24) is 19.9 Å². The van der Waals surface area contributed by atoms with Crippen LogP contribution >= 0.6 is 0 Å². The Hall–Kier alpha value is -3.46. The fraction of sp³-hybridized carbons (Fsp3) is 0.222. The van der Waals surface area contributed by atoms with Crippen molar-refractivity contribution in [2.24, 2.45) is 5.73 Å². The van der Waals surface area contributed by atoms with Crippen molar-refractivity contribution in [3.8, 4) is 0 Å². The van der Waals surface area contributed by atoms with Crippen molar-refractivity contribution in [2.45, 2.75) is 0 Å².